The molecule has 2 aromatic carbocycles. The van der Waals surface area contributed by atoms with E-state index in [1.54, 1.807) is 11.9 Å². The van der Waals surface area contributed by atoms with E-state index in [0.717, 1.165) is 11.1 Å². The summed E-state index contributed by atoms with van der Waals surface area (Å²) in [5.74, 6) is -0.239. The number of fused-ring (bicyclic) bond motifs is 3. The van der Waals surface area contributed by atoms with Gasteiger partial charge < -0.3 is 14.5 Å². The van der Waals surface area contributed by atoms with E-state index >= 15 is 0 Å². The summed E-state index contributed by atoms with van der Waals surface area (Å²) in [6.07, 6.45) is 0. The molecule has 2 heterocycles. The maximum absolute atomic E-state index is 13.2. The summed E-state index contributed by atoms with van der Waals surface area (Å²) in [4.78, 5) is 29.3. The van der Waals surface area contributed by atoms with Crippen LogP contribution >= 0.6 is 0 Å². The number of carbonyl (C=O) groups is 2. The van der Waals surface area contributed by atoms with E-state index in [1.807, 2.05) is 35.2 Å². The largest absolute Gasteiger partial charge is 0.378 e. The highest BCUT2D eigenvalue weighted by Crippen LogP contribution is 2.24. The molecule has 2 aromatic rings. The zero-order valence-electron chi connectivity index (χ0n) is 15.7. The van der Waals surface area contributed by atoms with Crippen LogP contribution < -0.4 is 0 Å². The number of nitrogens with zero attached hydrogens (tertiary/aromatic N) is 2. The Hall–Kier alpha value is -2.66. The van der Waals surface area contributed by atoms with Crippen molar-refractivity contribution in [1.82, 2.24) is 9.80 Å². The monoisotopic (exact) mass is 364 g/mol. The number of benzene rings is 2. The average Bonchev–Trinajstić information content (AvgIpc) is 2.86. The zero-order valence-corrected chi connectivity index (χ0v) is 15.7. The molecule has 2 saturated heterocycles. The van der Waals surface area contributed by atoms with Gasteiger partial charge in [-0.1, -0.05) is 42.0 Å². The summed E-state index contributed by atoms with van der Waals surface area (Å²) in [5, 5.41) is 0. The molecule has 0 unspecified atom stereocenters. The Bertz CT molecular complexity index is 879. The lowest BCUT2D eigenvalue weighted by Crippen LogP contribution is -2.45. The highest BCUT2D eigenvalue weighted by atomic mass is 16.5. The van der Waals surface area contributed by atoms with Gasteiger partial charge in [-0.3, -0.25) is 9.59 Å². The van der Waals surface area contributed by atoms with Crippen LogP contribution in [0.5, 0.6) is 0 Å². The van der Waals surface area contributed by atoms with Crippen molar-refractivity contribution < 1.29 is 14.3 Å². The van der Waals surface area contributed by atoms with Gasteiger partial charge in [-0.25, -0.2) is 0 Å². The van der Waals surface area contributed by atoms with Crippen molar-refractivity contribution in [2.45, 2.75) is 13.0 Å². The molecule has 0 N–H and O–H groups in total. The van der Waals surface area contributed by atoms with Crippen LogP contribution in [0.1, 0.15) is 15.9 Å². The van der Waals surface area contributed by atoms with Crippen molar-refractivity contribution in [1.29, 1.82) is 0 Å². The summed E-state index contributed by atoms with van der Waals surface area (Å²) < 4.78 is 5.62. The molecule has 4 rings (SSSR count). The van der Waals surface area contributed by atoms with Gasteiger partial charge in [0.2, 0.25) is 5.91 Å². The maximum Gasteiger partial charge on any atom is 0.253 e. The molecule has 2 aliphatic heterocycles. The second-order valence-electron chi connectivity index (χ2n) is 7.50. The first-order chi connectivity index (χ1) is 13.0. The molecule has 2 fully saturated rings. The minimum absolute atomic E-state index is 0.0236. The van der Waals surface area contributed by atoms with E-state index in [-0.39, 0.29) is 23.8 Å². The first-order valence-corrected chi connectivity index (χ1v) is 9.34. The van der Waals surface area contributed by atoms with Crippen LogP contribution in [0.3, 0.4) is 0 Å². The van der Waals surface area contributed by atoms with Gasteiger partial charge in [0.15, 0.2) is 0 Å². The van der Waals surface area contributed by atoms with Gasteiger partial charge in [-0.05, 0) is 30.2 Å². The highest BCUT2D eigenvalue weighted by Gasteiger charge is 2.38. The Morgan fingerprint density at radius 1 is 1.04 bits per heavy atom. The number of ether oxygens (including phenoxy) is 1. The number of amides is 2. The quantitative estimate of drug-likeness (QED) is 0.823. The molecule has 2 bridgehead atoms. The fourth-order valence-corrected chi connectivity index (χ4v) is 3.90. The van der Waals surface area contributed by atoms with Crippen molar-refractivity contribution in [3.05, 3.63) is 59.7 Å². The van der Waals surface area contributed by atoms with Gasteiger partial charge in [0, 0.05) is 25.7 Å². The van der Waals surface area contributed by atoms with Crippen molar-refractivity contribution in [3.8, 4) is 11.1 Å². The van der Waals surface area contributed by atoms with Crippen molar-refractivity contribution in [3.63, 3.8) is 0 Å². The summed E-state index contributed by atoms with van der Waals surface area (Å²) in [6, 6.07) is 15.9. The summed E-state index contributed by atoms with van der Waals surface area (Å²) in [5.41, 5.74) is 3.97. The Morgan fingerprint density at radius 2 is 1.78 bits per heavy atom. The molecule has 0 aromatic heterocycles. The van der Waals surface area contributed by atoms with E-state index in [9.17, 15) is 9.59 Å². The predicted molar refractivity (Wildman–Crippen MR) is 103 cm³/mol. The van der Waals surface area contributed by atoms with Crippen LogP contribution in [-0.2, 0) is 9.53 Å². The fourth-order valence-electron chi connectivity index (χ4n) is 3.90. The summed E-state index contributed by atoms with van der Waals surface area (Å²) >= 11 is 0. The van der Waals surface area contributed by atoms with Gasteiger partial charge >= 0.3 is 0 Å². The third kappa shape index (κ3) is 3.47. The second-order valence-corrected chi connectivity index (χ2v) is 7.50. The maximum atomic E-state index is 13.2. The third-order valence-corrected chi connectivity index (χ3v) is 5.49. The van der Waals surface area contributed by atoms with Crippen LogP contribution in [0.25, 0.3) is 11.1 Å². The molecule has 5 nitrogen and oxygen atoms in total. The van der Waals surface area contributed by atoms with Crippen LogP contribution in [-0.4, -0.2) is 61.0 Å². The molecular weight excluding hydrogens is 340 g/mol. The number of carbonyl (C=O) groups excluding carboxylic acids is 2. The van der Waals surface area contributed by atoms with Gasteiger partial charge in [0.1, 0.15) is 0 Å². The van der Waals surface area contributed by atoms with E-state index in [4.69, 9.17) is 4.74 Å². The second kappa shape index (κ2) is 7.16. The average molecular weight is 364 g/mol. The number of hydrogen-bond acceptors (Lipinski definition) is 3. The topological polar surface area (TPSA) is 49.9 Å². The Labute approximate surface area is 159 Å². The molecule has 140 valence electrons. The Balaban J connectivity index is 1.61. The van der Waals surface area contributed by atoms with Crippen LogP contribution in [0.2, 0.25) is 0 Å². The number of rotatable bonds is 2. The zero-order chi connectivity index (χ0) is 19.0. The molecule has 0 radical (unpaired) electrons. The molecule has 0 spiro atoms. The summed E-state index contributed by atoms with van der Waals surface area (Å²) in [6.45, 7) is 3.84. The molecule has 2 amide bonds. The van der Waals surface area contributed by atoms with E-state index in [2.05, 4.69) is 25.1 Å². The third-order valence-electron chi connectivity index (χ3n) is 5.49. The number of likely N-dealkylation sites (N-methyl/N-ethyl adjacent to an activating group) is 1. The van der Waals surface area contributed by atoms with Crippen LogP contribution in [0, 0.1) is 12.8 Å². The van der Waals surface area contributed by atoms with E-state index in [1.165, 1.54) is 5.56 Å². The molecule has 2 atom stereocenters. The number of aryl methyl sites for hydroxylation is 1. The van der Waals surface area contributed by atoms with Gasteiger partial charge in [0.05, 0.1) is 25.2 Å². The molecule has 2 aliphatic rings. The normalized spacial score (nSPS) is 22.5. The Kier molecular flexibility index (Phi) is 4.70. The lowest BCUT2D eigenvalue weighted by Gasteiger charge is -2.29. The van der Waals surface area contributed by atoms with E-state index in [0.29, 0.717) is 31.9 Å². The SMILES string of the molecule is Cc1cccc(-c2cccc(C(=O)N3C[C@@H]4COC[C@H](C3)N(C)C4=O)c2)c1. The minimum Gasteiger partial charge on any atom is -0.378 e. The van der Waals surface area contributed by atoms with Crippen molar-refractivity contribution in [2.75, 3.05) is 33.4 Å². The van der Waals surface area contributed by atoms with Gasteiger partial charge in [0.25, 0.3) is 5.91 Å². The van der Waals surface area contributed by atoms with Crippen LogP contribution in [0.4, 0.5) is 0 Å². The molecule has 0 saturated carbocycles. The molecular formula is C22H24N2O3. The summed E-state index contributed by atoms with van der Waals surface area (Å²) in [7, 11) is 1.81. The van der Waals surface area contributed by atoms with Crippen LogP contribution in [0.15, 0.2) is 48.5 Å². The molecule has 0 aliphatic carbocycles. The fraction of sp³-hybridized carbons (Fsp3) is 0.364. The smallest absolute Gasteiger partial charge is 0.253 e. The lowest BCUT2D eigenvalue weighted by atomic mass is 10.0. The van der Waals surface area contributed by atoms with Crippen molar-refractivity contribution >= 4 is 11.8 Å². The predicted octanol–water partition coefficient (Wildman–Crippen LogP) is 2.59. The Morgan fingerprint density at radius 3 is 2.56 bits per heavy atom. The van der Waals surface area contributed by atoms with E-state index < -0.39 is 0 Å². The standard InChI is InChI=1S/C22H24N2O3/c1-15-5-3-6-16(9-15)17-7-4-8-18(10-17)22(26)24-11-19-13-27-14-20(12-24)23(2)21(19)25/h3-10,19-20H,11-14H2,1-2H3/t19-,20+/m1/s1. The number of hydrogen-bond donors (Lipinski definition) is 0. The van der Waals surface area contributed by atoms with Gasteiger partial charge in [-0.15, -0.1) is 0 Å². The molecule has 5 heteroatoms. The first kappa shape index (κ1) is 17.7. The highest BCUT2D eigenvalue weighted by molar-refractivity contribution is 5.96. The first-order valence-electron chi connectivity index (χ1n) is 9.34. The van der Waals surface area contributed by atoms with Gasteiger partial charge in [-0.2, -0.15) is 0 Å². The minimum atomic E-state index is -0.286. The molecule has 27 heavy (non-hydrogen) atoms. The lowest BCUT2D eigenvalue weighted by molar-refractivity contribution is -0.133. The van der Waals surface area contributed by atoms with Crippen molar-refractivity contribution in [2.24, 2.45) is 5.92 Å².